The van der Waals surface area contributed by atoms with Crippen LogP contribution in [0.15, 0.2) is 29.6 Å². The second-order valence-corrected chi connectivity index (χ2v) is 5.01. The van der Waals surface area contributed by atoms with E-state index in [1.54, 1.807) is 50.9 Å². The molecular formula is C16H24N4O2. The Morgan fingerprint density at radius 1 is 1.41 bits per heavy atom. The lowest BCUT2D eigenvalue weighted by Crippen LogP contribution is -2.25. The van der Waals surface area contributed by atoms with Crippen LogP contribution in [0.5, 0.6) is 0 Å². The summed E-state index contributed by atoms with van der Waals surface area (Å²) in [6, 6.07) is 0. The summed E-state index contributed by atoms with van der Waals surface area (Å²) in [4.78, 5) is 28.3. The molecule has 0 radical (unpaired) electrons. The zero-order valence-electron chi connectivity index (χ0n) is 13.9. The van der Waals surface area contributed by atoms with Gasteiger partial charge in [-0.15, -0.1) is 0 Å². The fourth-order valence-electron chi connectivity index (χ4n) is 1.91. The van der Waals surface area contributed by atoms with Crippen molar-refractivity contribution in [2.45, 2.75) is 33.6 Å². The number of Topliss-reactive ketones (excluding diaryl/α,β-unsaturated/α-hetero) is 1. The van der Waals surface area contributed by atoms with Crippen LogP contribution >= 0.6 is 0 Å². The Balaban J connectivity index is 2.86. The first-order valence-electron chi connectivity index (χ1n) is 7.33. The van der Waals surface area contributed by atoms with Crippen molar-refractivity contribution in [3.05, 3.63) is 35.4 Å². The zero-order valence-corrected chi connectivity index (χ0v) is 13.9. The van der Waals surface area contributed by atoms with Crippen molar-refractivity contribution in [2.24, 2.45) is 7.05 Å². The Labute approximate surface area is 131 Å². The third kappa shape index (κ3) is 4.58. The van der Waals surface area contributed by atoms with Gasteiger partial charge in [-0.05, 0) is 31.9 Å². The van der Waals surface area contributed by atoms with Gasteiger partial charge in [0.1, 0.15) is 5.82 Å². The molecule has 0 aromatic carbocycles. The first-order valence-corrected chi connectivity index (χ1v) is 7.33. The van der Waals surface area contributed by atoms with Gasteiger partial charge in [0, 0.05) is 32.4 Å². The second-order valence-electron chi connectivity index (χ2n) is 5.01. The molecule has 0 saturated carbocycles. The largest absolute Gasteiger partial charge is 0.372 e. The van der Waals surface area contributed by atoms with E-state index in [1.807, 2.05) is 6.92 Å². The molecule has 0 aliphatic rings. The normalized spacial score (nSPS) is 12.2. The maximum absolute atomic E-state index is 12.3. The Bertz CT molecular complexity index is 612. The number of amides is 1. The number of anilines is 1. The van der Waals surface area contributed by atoms with E-state index in [0.717, 1.165) is 6.42 Å². The molecule has 0 atom stereocenters. The summed E-state index contributed by atoms with van der Waals surface area (Å²) in [7, 11) is 3.50. The van der Waals surface area contributed by atoms with Gasteiger partial charge in [-0.1, -0.05) is 13.0 Å². The Hall–Kier alpha value is -2.37. The Morgan fingerprint density at radius 2 is 2.09 bits per heavy atom. The third-order valence-corrected chi connectivity index (χ3v) is 3.19. The van der Waals surface area contributed by atoms with Crippen molar-refractivity contribution in [3.8, 4) is 0 Å². The number of nitrogens with one attached hydrogen (secondary N) is 2. The van der Waals surface area contributed by atoms with Crippen LogP contribution in [0.4, 0.5) is 5.82 Å². The number of aromatic nitrogens is 2. The standard InChI is InChI=1S/C16H24N4O2/c1-6-8-13(21)11(3)9-12(7-2)18-16(22)15-19-14(17-4)10-20(15)5/h7,9-10,17H,6,8H2,1-5H3,(H,18,22)/b11-9+,12-7+. The molecule has 0 aliphatic carbocycles. The maximum Gasteiger partial charge on any atom is 0.291 e. The molecule has 1 amide bonds. The lowest BCUT2D eigenvalue weighted by atomic mass is 10.1. The molecule has 22 heavy (non-hydrogen) atoms. The van der Waals surface area contributed by atoms with E-state index < -0.39 is 0 Å². The van der Waals surface area contributed by atoms with Gasteiger partial charge in [-0.3, -0.25) is 9.59 Å². The van der Waals surface area contributed by atoms with E-state index in [-0.39, 0.29) is 11.7 Å². The van der Waals surface area contributed by atoms with Crippen molar-refractivity contribution >= 4 is 17.5 Å². The quantitative estimate of drug-likeness (QED) is 0.599. The number of hydrogen-bond acceptors (Lipinski definition) is 4. The summed E-state index contributed by atoms with van der Waals surface area (Å²) in [6.45, 7) is 5.53. The highest BCUT2D eigenvalue weighted by molar-refractivity contribution is 5.96. The highest BCUT2D eigenvalue weighted by Gasteiger charge is 2.14. The summed E-state index contributed by atoms with van der Waals surface area (Å²) in [5.41, 5.74) is 1.21. The maximum atomic E-state index is 12.3. The first-order chi connectivity index (χ1) is 10.4. The molecule has 0 unspecified atom stereocenters. The fraction of sp³-hybridized carbons (Fsp3) is 0.438. The van der Waals surface area contributed by atoms with Crippen LogP contribution in [0.25, 0.3) is 0 Å². The topological polar surface area (TPSA) is 76.0 Å². The second kappa shape index (κ2) is 8.17. The van der Waals surface area contributed by atoms with E-state index in [2.05, 4.69) is 15.6 Å². The molecule has 6 nitrogen and oxygen atoms in total. The van der Waals surface area contributed by atoms with Gasteiger partial charge in [0.15, 0.2) is 5.78 Å². The monoisotopic (exact) mass is 304 g/mol. The van der Waals surface area contributed by atoms with Crippen LogP contribution in [0.2, 0.25) is 0 Å². The number of imidazole rings is 1. The predicted molar refractivity (Wildman–Crippen MR) is 87.6 cm³/mol. The van der Waals surface area contributed by atoms with Crippen molar-refractivity contribution in [3.63, 3.8) is 0 Å². The van der Waals surface area contributed by atoms with Gasteiger partial charge in [0.05, 0.1) is 0 Å². The van der Waals surface area contributed by atoms with Gasteiger partial charge in [0.2, 0.25) is 5.82 Å². The summed E-state index contributed by atoms with van der Waals surface area (Å²) in [6.07, 6.45) is 6.50. The highest BCUT2D eigenvalue weighted by atomic mass is 16.2. The van der Waals surface area contributed by atoms with E-state index in [1.165, 1.54) is 0 Å². The smallest absolute Gasteiger partial charge is 0.291 e. The molecule has 0 bridgehead atoms. The third-order valence-electron chi connectivity index (χ3n) is 3.19. The first kappa shape index (κ1) is 17.7. The van der Waals surface area contributed by atoms with Crippen LogP contribution in [0, 0.1) is 0 Å². The number of rotatable bonds is 7. The minimum atomic E-state index is -0.316. The van der Waals surface area contributed by atoms with Crippen LogP contribution < -0.4 is 10.6 Å². The molecule has 1 rings (SSSR count). The highest BCUT2D eigenvalue weighted by Crippen LogP contribution is 2.09. The summed E-state index contributed by atoms with van der Waals surface area (Å²) < 4.78 is 1.65. The van der Waals surface area contributed by atoms with Crippen molar-refractivity contribution < 1.29 is 9.59 Å². The minimum Gasteiger partial charge on any atom is -0.372 e. The van der Waals surface area contributed by atoms with E-state index in [0.29, 0.717) is 29.3 Å². The molecule has 0 saturated heterocycles. The molecule has 0 spiro atoms. The summed E-state index contributed by atoms with van der Waals surface area (Å²) in [5, 5.41) is 5.66. The van der Waals surface area contributed by atoms with Crippen molar-refractivity contribution in [2.75, 3.05) is 12.4 Å². The van der Waals surface area contributed by atoms with Crippen LogP contribution in [-0.4, -0.2) is 28.3 Å². The van der Waals surface area contributed by atoms with Gasteiger partial charge in [-0.25, -0.2) is 4.98 Å². The molecule has 6 heteroatoms. The molecule has 2 N–H and O–H groups in total. The zero-order chi connectivity index (χ0) is 16.7. The number of allylic oxidation sites excluding steroid dienone is 3. The van der Waals surface area contributed by atoms with E-state index in [9.17, 15) is 9.59 Å². The van der Waals surface area contributed by atoms with Gasteiger partial charge >= 0.3 is 0 Å². The summed E-state index contributed by atoms with van der Waals surface area (Å²) in [5.74, 6) is 0.698. The van der Waals surface area contributed by atoms with E-state index in [4.69, 9.17) is 0 Å². The molecule has 1 aromatic rings. The molecule has 0 fully saturated rings. The Morgan fingerprint density at radius 3 is 2.59 bits per heavy atom. The van der Waals surface area contributed by atoms with Gasteiger partial charge in [0.25, 0.3) is 5.91 Å². The van der Waals surface area contributed by atoms with Crippen LogP contribution in [0.3, 0.4) is 0 Å². The van der Waals surface area contributed by atoms with Crippen LogP contribution in [0.1, 0.15) is 44.2 Å². The lowest BCUT2D eigenvalue weighted by molar-refractivity contribution is -0.115. The van der Waals surface area contributed by atoms with Gasteiger partial charge in [-0.2, -0.15) is 0 Å². The van der Waals surface area contributed by atoms with Crippen molar-refractivity contribution in [1.29, 1.82) is 0 Å². The predicted octanol–water partition coefficient (Wildman–Crippen LogP) is 2.41. The average Bonchev–Trinajstić information content (AvgIpc) is 2.87. The fourth-order valence-corrected chi connectivity index (χ4v) is 1.91. The average molecular weight is 304 g/mol. The molecule has 120 valence electrons. The number of aryl methyl sites for hydroxylation is 1. The number of ketones is 1. The number of carbonyl (C=O) groups excluding carboxylic acids is 2. The number of carbonyl (C=O) groups is 2. The molecular weight excluding hydrogens is 280 g/mol. The minimum absolute atomic E-state index is 0.0885. The SMILES string of the molecule is C/C=C(\C=C(/C)C(=O)CCC)NC(=O)c1nc(NC)cn1C. The van der Waals surface area contributed by atoms with E-state index >= 15 is 0 Å². The van der Waals surface area contributed by atoms with Crippen molar-refractivity contribution in [1.82, 2.24) is 14.9 Å². The Kier molecular flexibility index (Phi) is 6.56. The molecule has 1 heterocycles. The number of nitrogens with zero attached hydrogens (tertiary/aromatic N) is 2. The summed E-state index contributed by atoms with van der Waals surface area (Å²) >= 11 is 0. The molecule has 1 aromatic heterocycles. The molecule has 0 aliphatic heterocycles. The van der Waals surface area contributed by atoms with Gasteiger partial charge < -0.3 is 15.2 Å². The number of hydrogen-bond donors (Lipinski definition) is 2. The van der Waals surface area contributed by atoms with Crippen LogP contribution in [-0.2, 0) is 11.8 Å². The lowest BCUT2D eigenvalue weighted by Gasteiger charge is -2.07.